The number of allylic oxidation sites excluding steroid dienone is 2. The van der Waals surface area contributed by atoms with Crippen molar-refractivity contribution in [2.45, 2.75) is 0 Å². The number of aliphatic hydroxyl groups excluding tert-OH is 1. The monoisotopic (exact) mass is 148 g/mol. The van der Waals surface area contributed by atoms with E-state index in [0.717, 1.165) is 0 Å². The maximum atomic E-state index is 10.7. The number of dihydropyridines is 1. The summed E-state index contributed by atoms with van der Waals surface area (Å²) in [6.07, 6.45) is 4.38. The first-order valence-corrected chi connectivity index (χ1v) is 3.05. The number of rotatable bonds is 0. The lowest BCUT2D eigenvalue weighted by Gasteiger charge is -2.02. The summed E-state index contributed by atoms with van der Waals surface area (Å²) < 4.78 is 0. The van der Waals surface area contributed by atoms with Gasteiger partial charge in [-0.1, -0.05) is 0 Å². The number of carbonyl (C=O) groups is 1. The Balaban J connectivity index is 2.51. The van der Waals surface area contributed by atoms with Crippen molar-refractivity contribution in [3.63, 3.8) is 0 Å². The van der Waals surface area contributed by atoms with Crippen LogP contribution in [0.25, 0.3) is 0 Å². The Morgan fingerprint density at radius 3 is 3.09 bits per heavy atom. The summed E-state index contributed by atoms with van der Waals surface area (Å²) in [5.41, 5.74) is 1.20. The van der Waals surface area contributed by atoms with Gasteiger partial charge in [0, 0.05) is 11.8 Å². The van der Waals surface area contributed by atoms with Gasteiger partial charge in [0.25, 0.3) is 0 Å². The molecule has 11 heavy (non-hydrogen) atoms. The highest BCUT2D eigenvalue weighted by Gasteiger charge is 2.18. The van der Waals surface area contributed by atoms with Gasteiger partial charge in [0.1, 0.15) is 0 Å². The van der Waals surface area contributed by atoms with Crippen molar-refractivity contribution >= 4 is 17.8 Å². The van der Waals surface area contributed by atoms with Gasteiger partial charge < -0.3 is 5.11 Å². The summed E-state index contributed by atoms with van der Waals surface area (Å²) in [6, 6.07) is 0. The fourth-order valence-corrected chi connectivity index (χ4v) is 0.909. The Hall–Kier alpha value is -1.71. The molecule has 1 N–H and O–H groups in total. The molecule has 0 fully saturated rings. The molecule has 4 nitrogen and oxygen atoms in total. The number of hydrogen-bond donors (Lipinski definition) is 1. The Labute approximate surface area is 62.3 Å². The van der Waals surface area contributed by atoms with Crippen molar-refractivity contribution in [1.29, 1.82) is 0 Å². The average molecular weight is 148 g/mol. The van der Waals surface area contributed by atoms with Crippen molar-refractivity contribution in [2.24, 2.45) is 9.98 Å². The summed E-state index contributed by atoms with van der Waals surface area (Å²) in [5, 5.41) is 8.93. The minimum Gasteiger partial charge on any atom is -0.503 e. The van der Waals surface area contributed by atoms with Crippen molar-refractivity contribution in [3.05, 3.63) is 23.6 Å². The number of fused-ring (bicyclic) bond motifs is 1. The second-order valence-corrected chi connectivity index (χ2v) is 2.19. The lowest BCUT2D eigenvalue weighted by atomic mass is 10.1. The highest BCUT2D eigenvalue weighted by molar-refractivity contribution is 6.43. The minimum atomic E-state index is -0.606. The highest BCUT2D eigenvalue weighted by atomic mass is 16.3. The van der Waals surface area contributed by atoms with Crippen molar-refractivity contribution in [3.8, 4) is 0 Å². The minimum absolute atomic E-state index is 0.328. The van der Waals surface area contributed by atoms with Crippen LogP contribution in [-0.2, 0) is 4.79 Å². The molecule has 1 amide bonds. The zero-order valence-corrected chi connectivity index (χ0v) is 5.48. The molecule has 0 radical (unpaired) electrons. The molecule has 2 aliphatic heterocycles. The first-order chi connectivity index (χ1) is 5.27. The number of hydrogen-bond acceptors (Lipinski definition) is 3. The maximum Gasteiger partial charge on any atom is 0.312 e. The second-order valence-electron chi connectivity index (χ2n) is 2.19. The van der Waals surface area contributed by atoms with Gasteiger partial charge in [-0.3, -0.25) is 9.79 Å². The van der Waals surface area contributed by atoms with Crippen LogP contribution in [0.3, 0.4) is 0 Å². The molecule has 0 unspecified atom stereocenters. The van der Waals surface area contributed by atoms with Gasteiger partial charge in [0.05, 0.1) is 11.9 Å². The largest absolute Gasteiger partial charge is 0.503 e. The molecule has 2 aliphatic rings. The zero-order chi connectivity index (χ0) is 7.84. The van der Waals surface area contributed by atoms with Gasteiger partial charge in [0.15, 0.2) is 5.76 Å². The quantitative estimate of drug-likeness (QED) is 0.539. The summed E-state index contributed by atoms with van der Waals surface area (Å²) in [7, 11) is 0. The second kappa shape index (κ2) is 1.88. The van der Waals surface area contributed by atoms with Gasteiger partial charge >= 0.3 is 5.91 Å². The van der Waals surface area contributed by atoms with Gasteiger partial charge in [-0.15, -0.1) is 0 Å². The predicted octanol–water partition coefficient (Wildman–Crippen LogP) is 0.378. The highest BCUT2D eigenvalue weighted by Crippen LogP contribution is 2.14. The van der Waals surface area contributed by atoms with E-state index < -0.39 is 5.91 Å². The van der Waals surface area contributed by atoms with Crippen LogP contribution in [-0.4, -0.2) is 22.9 Å². The third kappa shape index (κ3) is 0.797. The molecule has 0 bridgehead atoms. The predicted molar refractivity (Wildman–Crippen MR) is 39.7 cm³/mol. The molecular weight excluding hydrogens is 144 g/mol. The molecule has 0 aromatic rings. The summed E-state index contributed by atoms with van der Waals surface area (Å²) in [5.74, 6) is -0.934. The molecule has 0 saturated carbocycles. The maximum absolute atomic E-state index is 10.7. The van der Waals surface area contributed by atoms with Crippen LogP contribution in [0.1, 0.15) is 0 Å². The molecule has 0 atom stereocenters. The fourth-order valence-electron chi connectivity index (χ4n) is 0.909. The number of aliphatic hydroxyl groups is 1. The van der Waals surface area contributed by atoms with E-state index in [-0.39, 0.29) is 5.76 Å². The Morgan fingerprint density at radius 2 is 2.27 bits per heavy atom. The number of nitrogens with zero attached hydrogens (tertiary/aromatic N) is 2. The molecule has 2 heterocycles. The number of carbonyl (C=O) groups excluding carboxylic acids is 1. The van der Waals surface area contributed by atoms with Gasteiger partial charge in [-0.05, 0) is 6.08 Å². The third-order valence-electron chi connectivity index (χ3n) is 1.44. The number of aliphatic imine (C=N–C) groups is 2. The average Bonchev–Trinajstić information content (AvgIpc) is 2.36. The smallest absolute Gasteiger partial charge is 0.312 e. The van der Waals surface area contributed by atoms with Crippen molar-refractivity contribution in [2.75, 3.05) is 0 Å². The molecule has 54 valence electrons. The standard InChI is InChI=1S/C7H4N2O2/c10-6-1-4-2-8-3-5(4)9-7(6)11/h1-3,10H. The van der Waals surface area contributed by atoms with Gasteiger partial charge in [-0.2, -0.15) is 0 Å². The van der Waals surface area contributed by atoms with Crippen LogP contribution in [0.5, 0.6) is 0 Å². The molecule has 2 rings (SSSR count). The van der Waals surface area contributed by atoms with Crippen molar-refractivity contribution in [1.82, 2.24) is 0 Å². The molecule has 4 heteroatoms. The van der Waals surface area contributed by atoms with Crippen LogP contribution in [0.4, 0.5) is 0 Å². The van der Waals surface area contributed by atoms with E-state index in [1.165, 1.54) is 12.3 Å². The van der Waals surface area contributed by atoms with E-state index >= 15 is 0 Å². The lowest BCUT2D eigenvalue weighted by molar-refractivity contribution is -0.116. The zero-order valence-electron chi connectivity index (χ0n) is 5.48. The van der Waals surface area contributed by atoms with Crippen LogP contribution >= 0.6 is 0 Å². The van der Waals surface area contributed by atoms with E-state index in [2.05, 4.69) is 9.98 Å². The SMILES string of the molecule is O=C1N=C2C=NC=C2C=C1O. The molecule has 0 saturated heterocycles. The van der Waals surface area contributed by atoms with Crippen LogP contribution in [0.15, 0.2) is 33.6 Å². The van der Waals surface area contributed by atoms with Crippen LogP contribution in [0.2, 0.25) is 0 Å². The molecule has 0 spiro atoms. The summed E-state index contributed by atoms with van der Waals surface area (Å²) >= 11 is 0. The fraction of sp³-hybridized carbons (Fsp3) is 0. The van der Waals surface area contributed by atoms with E-state index in [1.807, 2.05) is 0 Å². The molecule has 0 aromatic carbocycles. The Bertz CT molecular complexity index is 347. The van der Waals surface area contributed by atoms with Gasteiger partial charge in [-0.25, -0.2) is 4.99 Å². The van der Waals surface area contributed by atoms with Crippen LogP contribution < -0.4 is 0 Å². The molecule has 0 aliphatic carbocycles. The Morgan fingerprint density at radius 1 is 1.45 bits per heavy atom. The molecular formula is C7H4N2O2. The molecule has 0 aromatic heterocycles. The van der Waals surface area contributed by atoms with Crippen LogP contribution in [0, 0.1) is 0 Å². The third-order valence-corrected chi connectivity index (χ3v) is 1.44. The van der Waals surface area contributed by atoms with E-state index in [1.54, 1.807) is 6.20 Å². The van der Waals surface area contributed by atoms with E-state index in [9.17, 15) is 4.79 Å². The van der Waals surface area contributed by atoms with Crippen molar-refractivity contribution < 1.29 is 9.90 Å². The summed E-state index contributed by atoms with van der Waals surface area (Å²) in [6.45, 7) is 0. The topological polar surface area (TPSA) is 62.0 Å². The Kier molecular flexibility index (Phi) is 1.03. The normalized spacial score (nSPS) is 20.7. The lowest BCUT2D eigenvalue weighted by Crippen LogP contribution is -2.12. The first-order valence-electron chi connectivity index (χ1n) is 3.05. The summed E-state index contributed by atoms with van der Waals surface area (Å²) in [4.78, 5) is 18.1. The van der Waals surface area contributed by atoms with E-state index in [4.69, 9.17) is 5.11 Å². The van der Waals surface area contributed by atoms with E-state index in [0.29, 0.717) is 11.3 Å². The van der Waals surface area contributed by atoms with Gasteiger partial charge in [0.2, 0.25) is 0 Å². The first kappa shape index (κ1) is 6.03. The number of amides is 1.